The Morgan fingerprint density at radius 3 is 2.00 bits per heavy atom. The summed E-state index contributed by atoms with van der Waals surface area (Å²) in [4.78, 5) is 14.6. The zero-order valence-electron chi connectivity index (χ0n) is 14.6. The minimum atomic E-state index is -0.0226. The molecule has 0 fully saturated rings. The number of rotatable bonds is 5. The highest BCUT2D eigenvalue weighted by Gasteiger charge is 2.11. The van der Waals surface area contributed by atoms with E-state index < -0.39 is 0 Å². The maximum absolute atomic E-state index is 12.6. The average molecular weight is 372 g/mol. The highest BCUT2D eigenvalue weighted by Crippen LogP contribution is 2.28. The van der Waals surface area contributed by atoms with Gasteiger partial charge in [0.1, 0.15) is 6.07 Å². The fourth-order valence-electron chi connectivity index (χ4n) is 2.62. The summed E-state index contributed by atoms with van der Waals surface area (Å²) in [5, 5.41) is 20.6. The number of aryl methyl sites for hydroxylation is 1. The summed E-state index contributed by atoms with van der Waals surface area (Å²) in [6.45, 7) is 1.93. The monoisotopic (exact) mass is 372 g/mol. The smallest absolute Gasteiger partial charge is 0.193 e. The molecule has 0 aliphatic heterocycles. The molecule has 0 bridgehead atoms. The Balaban J connectivity index is 1.74. The molecule has 0 aromatic heterocycles. The van der Waals surface area contributed by atoms with Crippen LogP contribution < -0.4 is 0 Å². The SMILES string of the molecule is Cc1ccccc1C(=O)c1ccc(Sc2ccc(/C(C#N)=N/O)cc2)cc1. The van der Waals surface area contributed by atoms with Gasteiger partial charge >= 0.3 is 0 Å². The van der Waals surface area contributed by atoms with Crippen LogP contribution in [0.25, 0.3) is 0 Å². The first-order valence-corrected chi connectivity index (χ1v) is 9.05. The molecule has 0 amide bonds. The third kappa shape index (κ3) is 4.25. The maximum atomic E-state index is 12.6. The minimum absolute atomic E-state index is 0.0151. The van der Waals surface area contributed by atoms with E-state index in [1.54, 1.807) is 23.9 Å². The minimum Gasteiger partial charge on any atom is -0.410 e. The molecule has 132 valence electrons. The van der Waals surface area contributed by atoms with Gasteiger partial charge in [-0.05, 0) is 48.9 Å². The van der Waals surface area contributed by atoms with Crippen LogP contribution in [0.1, 0.15) is 27.0 Å². The van der Waals surface area contributed by atoms with Gasteiger partial charge < -0.3 is 5.21 Å². The number of carbonyl (C=O) groups is 1. The first-order valence-electron chi connectivity index (χ1n) is 8.23. The van der Waals surface area contributed by atoms with E-state index in [0.717, 1.165) is 15.4 Å². The van der Waals surface area contributed by atoms with Gasteiger partial charge in [0.2, 0.25) is 0 Å². The largest absolute Gasteiger partial charge is 0.410 e. The second-order valence-electron chi connectivity index (χ2n) is 5.86. The molecule has 0 unspecified atom stereocenters. The lowest BCUT2D eigenvalue weighted by Crippen LogP contribution is -2.03. The number of nitrogens with zero attached hydrogens (tertiary/aromatic N) is 2. The van der Waals surface area contributed by atoms with Gasteiger partial charge in [0, 0.05) is 26.5 Å². The van der Waals surface area contributed by atoms with Gasteiger partial charge in [0.05, 0.1) is 0 Å². The fraction of sp³-hybridized carbons (Fsp3) is 0.0455. The van der Waals surface area contributed by atoms with Crippen molar-refractivity contribution in [3.05, 3.63) is 95.1 Å². The van der Waals surface area contributed by atoms with E-state index in [9.17, 15) is 4.79 Å². The van der Waals surface area contributed by atoms with Gasteiger partial charge in [0.15, 0.2) is 11.5 Å². The fourth-order valence-corrected chi connectivity index (χ4v) is 3.44. The number of ketones is 1. The summed E-state index contributed by atoms with van der Waals surface area (Å²) in [6, 6.07) is 24.1. The van der Waals surface area contributed by atoms with Crippen LogP contribution in [0.15, 0.2) is 87.7 Å². The number of benzene rings is 3. The van der Waals surface area contributed by atoms with Crippen molar-refractivity contribution >= 4 is 23.3 Å². The molecule has 3 rings (SSSR count). The highest BCUT2D eigenvalue weighted by atomic mass is 32.2. The summed E-state index contributed by atoms with van der Waals surface area (Å²) in [5.74, 6) is 0.0151. The van der Waals surface area contributed by atoms with Gasteiger partial charge in [-0.1, -0.05) is 53.3 Å². The number of hydrogen-bond donors (Lipinski definition) is 1. The second kappa shape index (κ2) is 8.35. The van der Waals surface area contributed by atoms with Gasteiger partial charge in [0.25, 0.3) is 0 Å². The van der Waals surface area contributed by atoms with Crippen LogP contribution in [0.5, 0.6) is 0 Å². The molecule has 0 radical (unpaired) electrons. The third-order valence-corrected chi connectivity index (χ3v) is 5.09. The van der Waals surface area contributed by atoms with Crippen LogP contribution in [0.3, 0.4) is 0 Å². The third-order valence-electron chi connectivity index (χ3n) is 4.08. The Morgan fingerprint density at radius 1 is 0.926 bits per heavy atom. The number of carbonyl (C=O) groups excluding carboxylic acids is 1. The van der Waals surface area contributed by atoms with E-state index in [-0.39, 0.29) is 11.5 Å². The quantitative estimate of drug-likeness (QED) is 0.293. The van der Waals surface area contributed by atoms with E-state index in [4.69, 9.17) is 10.5 Å². The lowest BCUT2D eigenvalue weighted by Gasteiger charge is -2.06. The Morgan fingerprint density at radius 2 is 1.48 bits per heavy atom. The van der Waals surface area contributed by atoms with Crippen LogP contribution in [0.2, 0.25) is 0 Å². The molecule has 0 atom stereocenters. The molecule has 3 aromatic carbocycles. The Bertz CT molecular complexity index is 1030. The molecular formula is C22H16N2O2S. The van der Waals surface area contributed by atoms with Crippen molar-refractivity contribution in [1.82, 2.24) is 0 Å². The summed E-state index contributed by atoms with van der Waals surface area (Å²) in [5.41, 5.74) is 2.87. The summed E-state index contributed by atoms with van der Waals surface area (Å²) in [7, 11) is 0. The van der Waals surface area contributed by atoms with Crippen LogP contribution in [-0.2, 0) is 0 Å². The molecule has 4 nitrogen and oxygen atoms in total. The van der Waals surface area contributed by atoms with Crippen molar-refractivity contribution in [2.75, 3.05) is 0 Å². The lowest BCUT2D eigenvalue weighted by molar-refractivity contribution is 0.103. The predicted molar refractivity (Wildman–Crippen MR) is 106 cm³/mol. The molecule has 0 saturated heterocycles. The van der Waals surface area contributed by atoms with Gasteiger partial charge in [-0.3, -0.25) is 4.79 Å². The van der Waals surface area contributed by atoms with Crippen LogP contribution in [0.4, 0.5) is 0 Å². The number of hydrogen-bond acceptors (Lipinski definition) is 5. The zero-order valence-corrected chi connectivity index (χ0v) is 15.4. The van der Waals surface area contributed by atoms with Gasteiger partial charge in [-0.25, -0.2) is 0 Å². The number of oxime groups is 1. The molecular weight excluding hydrogens is 356 g/mol. The first kappa shape index (κ1) is 18.4. The molecule has 1 N–H and O–H groups in total. The second-order valence-corrected chi connectivity index (χ2v) is 7.00. The van der Waals surface area contributed by atoms with E-state index in [0.29, 0.717) is 16.7 Å². The van der Waals surface area contributed by atoms with Crippen molar-refractivity contribution in [2.24, 2.45) is 5.16 Å². The van der Waals surface area contributed by atoms with E-state index in [1.807, 2.05) is 73.7 Å². The van der Waals surface area contributed by atoms with Crippen LogP contribution in [0, 0.1) is 18.3 Å². The lowest BCUT2D eigenvalue weighted by atomic mass is 9.99. The van der Waals surface area contributed by atoms with Crippen molar-refractivity contribution in [1.29, 1.82) is 5.26 Å². The summed E-state index contributed by atoms with van der Waals surface area (Å²) in [6.07, 6.45) is 0. The molecule has 0 spiro atoms. The van der Waals surface area contributed by atoms with Crippen molar-refractivity contribution in [3.63, 3.8) is 0 Å². The number of nitriles is 1. The van der Waals surface area contributed by atoms with Gasteiger partial charge in [-0.15, -0.1) is 0 Å². The molecule has 0 aliphatic carbocycles. The van der Waals surface area contributed by atoms with Crippen LogP contribution >= 0.6 is 11.8 Å². The summed E-state index contributed by atoms with van der Waals surface area (Å²) >= 11 is 1.55. The maximum Gasteiger partial charge on any atom is 0.193 e. The molecule has 0 saturated carbocycles. The molecule has 0 heterocycles. The zero-order chi connectivity index (χ0) is 19.2. The molecule has 3 aromatic rings. The summed E-state index contributed by atoms with van der Waals surface area (Å²) < 4.78 is 0. The molecule has 27 heavy (non-hydrogen) atoms. The standard InChI is InChI=1S/C22H16N2O2S/c1-15-4-2-3-5-20(15)22(25)17-8-12-19(13-9-17)27-18-10-6-16(7-11-18)21(14-23)24-26/h2-13,26H,1H3/b24-21+. The Labute approximate surface area is 161 Å². The van der Waals surface area contributed by atoms with Crippen LogP contribution in [-0.4, -0.2) is 16.7 Å². The van der Waals surface area contributed by atoms with Crippen molar-refractivity contribution in [3.8, 4) is 6.07 Å². The average Bonchev–Trinajstić information content (AvgIpc) is 2.71. The highest BCUT2D eigenvalue weighted by molar-refractivity contribution is 7.99. The Hall–Kier alpha value is -3.36. The topological polar surface area (TPSA) is 73.5 Å². The van der Waals surface area contributed by atoms with E-state index in [2.05, 4.69) is 5.16 Å². The predicted octanol–water partition coefficient (Wildman–Crippen LogP) is 5.08. The molecule has 5 heteroatoms. The van der Waals surface area contributed by atoms with Crippen molar-refractivity contribution in [2.45, 2.75) is 16.7 Å². The first-order chi connectivity index (χ1) is 13.1. The van der Waals surface area contributed by atoms with Crippen molar-refractivity contribution < 1.29 is 10.0 Å². The van der Waals surface area contributed by atoms with Gasteiger partial charge in [-0.2, -0.15) is 5.26 Å². The van der Waals surface area contributed by atoms with E-state index in [1.165, 1.54) is 0 Å². The normalized spacial score (nSPS) is 11.0. The van der Waals surface area contributed by atoms with E-state index >= 15 is 0 Å². The Kier molecular flexibility index (Phi) is 5.70. The molecule has 0 aliphatic rings.